The number of rotatable bonds is 16. The highest BCUT2D eigenvalue weighted by atomic mass is 16.6. The maximum Gasteiger partial charge on any atom is 0.410 e. The van der Waals surface area contributed by atoms with Crippen LogP contribution >= 0.6 is 0 Å². The SMILES string of the molecule is CC[C@H](O)[C@@H](C)[C@H]1O[C@@H]1C[C@@](C)(O)/C=C/C=C(\C)[C@H]1OC(=O)C[C@H](O)CC[C@@](C)(OC)C(OC(=O)N2CCN(C(=O)CCCCCN3C(=O)C=CC3=O)CC2)/C=C/[C@@H]1C. The van der Waals surface area contributed by atoms with Crippen LogP contribution in [0.5, 0.6) is 0 Å². The van der Waals surface area contributed by atoms with Crippen LogP contribution in [0.2, 0.25) is 0 Å². The molecule has 330 valence electrons. The molecule has 15 heteroatoms. The minimum Gasteiger partial charge on any atom is -0.457 e. The molecule has 3 N–H and O–H groups in total. The highest BCUT2D eigenvalue weighted by molar-refractivity contribution is 6.12. The van der Waals surface area contributed by atoms with E-state index in [2.05, 4.69) is 0 Å². The lowest BCUT2D eigenvalue weighted by atomic mass is 9.88. The topological polar surface area (TPSA) is 196 Å². The normalized spacial score (nSPS) is 31.0. The van der Waals surface area contributed by atoms with Gasteiger partial charge in [0, 0.05) is 76.7 Å². The molecule has 0 aromatic heterocycles. The van der Waals surface area contributed by atoms with Gasteiger partial charge >= 0.3 is 12.1 Å². The quantitative estimate of drug-likeness (QED) is 0.0506. The molecule has 4 rings (SSSR count). The molecule has 2 saturated heterocycles. The minimum absolute atomic E-state index is 0.0183. The zero-order valence-corrected chi connectivity index (χ0v) is 35.9. The number of carbonyl (C=O) groups is 5. The number of aliphatic hydroxyl groups is 3. The van der Waals surface area contributed by atoms with E-state index in [-0.39, 0.29) is 68.2 Å². The number of esters is 1. The van der Waals surface area contributed by atoms with Crippen molar-refractivity contribution in [3.05, 3.63) is 48.1 Å². The standard InChI is InChI=1S/C44H67N3O12/c1-8-33(49)31(4)41-34(57-41)28-43(5,55)20-12-13-29(2)40-30(3)15-16-35(44(6,56-7)21-19-32(48)27-39(53)59-40)58-42(54)46-25-23-45(24-26-46)36(50)14-10-9-11-22-47-37(51)17-18-38(47)52/h12-13,15-18,20,30-35,40-41,48-49,55H,8-11,14,19,21-28H2,1-7H3/b16-15+,20-12+,29-13+/t30-,31+,32+,33-,34+,35?,40+,41+,43-,44+/m0/s1. The fraction of sp³-hybridized carbons (Fsp3) is 0.705. The first-order chi connectivity index (χ1) is 27.9. The van der Waals surface area contributed by atoms with Crippen molar-refractivity contribution >= 4 is 29.8 Å². The number of carbonyl (C=O) groups excluding carboxylic acids is 5. The second kappa shape index (κ2) is 21.6. The van der Waals surface area contributed by atoms with E-state index < -0.39 is 53.6 Å². The Kier molecular flexibility index (Phi) is 17.5. The average molecular weight is 830 g/mol. The molecule has 4 aliphatic rings. The molecule has 0 aromatic carbocycles. The first-order valence-electron chi connectivity index (χ1n) is 21.2. The predicted molar refractivity (Wildman–Crippen MR) is 218 cm³/mol. The minimum atomic E-state index is -1.18. The number of amides is 4. The van der Waals surface area contributed by atoms with Gasteiger partial charge in [0.2, 0.25) is 5.91 Å². The molecule has 0 radical (unpaired) electrons. The van der Waals surface area contributed by atoms with Crippen LogP contribution in [0, 0.1) is 11.8 Å². The number of hydrogen-bond donors (Lipinski definition) is 3. The van der Waals surface area contributed by atoms with E-state index in [9.17, 15) is 39.3 Å². The summed E-state index contributed by atoms with van der Waals surface area (Å²) in [6.07, 6.45) is 10.8. The summed E-state index contributed by atoms with van der Waals surface area (Å²) in [5.41, 5.74) is -1.54. The highest BCUT2D eigenvalue weighted by Crippen LogP contribution is 2.38. The summed E-state index contributed by atoms with van der Waals surface area (Å²) in [5, 5.41) is 32.1. The number of ether oxygens (including phenoxy) is 4. The molecule has 4 aliphatic heterocycles. The summed E-state index contributed by atoms with van der Waals surface area (Å²) >= 11 is 0. The van der Waals surface area contributed by atoms with E-state index >= 15 is 0 Å². The van der Waals surface area contributed by atoms with Crippen molar-refractivity contribution in [3.8, 4) is 0 Å². The summed E-state index contributed by atoms with van der Waals surface area (Å²) in [7, 11) is 1.51. The van der Waals surface area contributed by atoms with E-state index in [1.54, 1.807) is 48.0 Å². The second-order valence-corrected chi connectivity index (χ2v) is 17.0. The average Bonchev–Trinajstić information content (AvgIpc) is 3.89. The Hall–Kier alpha value is -3.89. The first-order valence-corrected chi connectivity index (χ1v) is 21.2. The molecule has 0 spiro atoms. The number of methoxy groups -OCH3 is 1. The van der Waals surface area contributed by atoms with Gasteiger partial charge in [0.25, 0.3) is 11.8 Å². The van der Waals surface area contributed by atoms with Crippen LogP contribution in [-0.4, -0.2) is 147 Å². The number of aliphatic hydroxyl groups excluding tert-OH is 2. The number of hydrogen-bond acceptors (Lipinski definition) is 12. The zero-order chi connectivity index (χ0) is 43.5. The summed E-state index contributed by atoms with van der Waals surface area (Å²) in [4.78, 5) is 67.5. The van der Waals surface area contributed by atoms with Crippen LogP contribution in [-0.2, 0) is 38.1 Å². The fourth-order valence-corrected chi connectivity index (χ4v) is 7.86. The van der Waals surface area contributed by atoms with Gasteiger partial charge in [-0.25, -0.2) is 4.79 Å². The summed E-state index contributed by atoms with van der Waals surface area (Å²) < 4.78 is 23.7. The Morgan fingerprint density at radius 1 is 1.07 bits per heavy atom. The molecule has 4 heterocycles. The second-order valence-electron chi connectivity index (χ2n) is 17.0. The predicted octanol–water partition coefficient (Wildman–Crippen LogP) is 3.99. The number of allylic oxidation sites excluding steroid dienone is 2. The third-order valence-corrected chi connectivity index (χ3v) is 12.1. The van der Waals surface area contributed by atoms with Crippen LogP contribution < -0.4 is 0 Å². The molecule has 4 amide bonds. The summed E-state index contributed by atoms with van der Waals surface area (Å²) in [6, 6.07) is 0. The Morgan fingerprint density at radius 3 is 2.37 bits per heavy atom. The van der Waals surface area contributed by atoms with Gasteiger partial charge in [-0.15, -0.1) is 0 Å². The van der Waals surface area contributed by atoms with Crippen molar-refractivity contribution in [1.82, 2.24) is 14.7 Å². The number of piperazine rings is 1. The van der Waals surface area contributed by atoms with Gasteiger partial charge in [0.05, 0.1) is 36.4 Å². The van der Waals surface area contributed by atoms with E-state index in [0.29, 0.717) is 63.7 Å². The van der Waals surface area contributed by atoms with Gasteiger partial charge in [0.15, 0.2) is 6.10 Å². The van der Waals surface area contributed by atoms with Gasteiger partial charge in [-0.2, -0.15) is 0 Å². The maximum atomic E-state index is 13.6. The smallest absolute Gasteiger partial charge is 0.410 e. The Morgan fingerprint density at radius 2 is 1.73 bits per heavy atom. The Balaban J connectivity index is 1.36. The molecule has 0 saturated carbocycles. The van der Waals surface area contributed by atoms with Gasteiger partial charge in [-0.05, 0) is 64.5 Å². The lowest BCUT2D eigenvalue weighted by Crippen LogP contribution is -2.52. The van der Waals surface area contributed by atoms with Gasteiger partial charge in [-0.1, -0.05) is 51.5 Å². The van der Waals surface area contributed by atoms with Crippen molar-refractivity contribution in [3.63, 3.8) is 0 Å². The van der Waals surface area contributed by atoms with Crippen molar-refractivity contribution in [1.29, 1.82) is 0 Å². The van der Waals surface area contributed by atoms with Crippen LogP contribution in [0.1, 0.15) is 99.3 Å². The fourth-order valence-electron chi connectivity index (χ4n) is 7.86. The van der Waals surface area contributed by atoms with Crippen molar-refractivity contribution in [2.24, 2.45) is 11.8 Å². The zero-order valence-electron chi connectivity index (χ0n) is 35.9. The summed E-state index contributed by atoms with van der Waals surface area (Å²) in [5.74, 6) is -1.62. The van der Waals surface area contributed by atoms with Crippen LogP contribution in [0.15, 0.2) is 48.1 Å². The van der Waals surface area contributed by atoms with E-state index in [1.807, 2.05) is 33.8 Å². The van der Waals surface area contributed by atoms with Gasteiger partial charge < -0.3 is 44.1 Å². The van der Waals surface area contributed by atoms with E-state index in [1.165, 1.54) is 24.2 Å². The molecule has 1 unspecified atom stereocenters. The number of unbranched alkanes of at least 4 members (excludes halogenated alkanes) is 2. The molecule has 15 nitrogen and oxygen atoms in total. The molecule has 2 fully saturated rings. The third-order valence-electron chi connectivity index (χ3n) is 12.1. The lowest BCUT2D eigenvalue weighted by molar-refractivity contribution is -0.151. The Bertz CT molecular complexity index is 1580. The molecular weight excluding hydrogens is 762 g/mol. The van der Waals surface area contributed by atoms with Gasteiger partial charge in [-0.3, -0.25) is 24.1 Å². The van der Waals surface area contributed by atoms with Crippen LogP contribution in [0.3, 0.4) is 0 Å². The molecule has 0 bridgehead atoms. The molecular formula is C44H67N3O12. The van der Waals surface area contributed by atoms with E-state index in [4.69, 9.17) is 18.9 Å². The molecule has 0 aromatic rings. The number of nitrogens with zero attached hydrogens (tertiary/aromatic N) is 3. The van der Waals surface area contributed by atoms with Crippen LogP contribution in [0.4, 0.5) is 4.79 Å². The van der Waals surface area contributed by atoms with Crippen LogP contribution in [0.25, 0.3) is 0 Å². The first kappa shape index (κ1) is 47.8. The third kappa shape index (κ3) is 13.8. The lowest BCUT2D eigenvalue weighted by Gasteiger charge is -2.38. The number of cyclic esters (lactones) is 1. The number of epoxide rings is 1. The largest absolute Gasteiger partial charge is 0.457 e. The van der Waals surface area contributed by atoms with Crippen molar-refractivity contribution in [2.45, 2.75) is 147 Å². The summed E-state index contributed by atoms with van der Waals surface area (Å²) in [6.45, 7) is 12.6. The molecule has 59 heavy (non-hydrogen) atoms. The monoisotopic (exact) mass is 829 g/mol. The van der Waals surface area contributed by atoms with E-state index in [0.717, 1.165) is 0 Å². The molecule has 10 atom stereocenters. The van der Waals surface area contributed by atoms with Gasteiger partial charge in [0.1, 0.15) is 11.7 Å². The Labute approximate surface area is 349 Å². The number of imide groups is 1. The van der Waals surface area contributed by atoms with Crippen molar-refractivity contribution < 1.29 is 58.2 Å². The van der Waals surface area contributed by atoms with Crippen molar-refractivity contribution in [2.75, 3.05) is 39.8 Å². The maximum absolute atomic E-state index is 13.6. The molecule has 0 aliphatic carbocycles. The highest BCUT2D eigenvalue weighted by Gasteiger charge is 2.47.